The predicted molar refractivity (Wildman–Crippen MR) is 61.9 cm³/mol. The second-order valence-corrected chi connectivity index (χ2v) is 5.14. The largest absolute Gasteiger partial charge is 0.345 e. The quantitative estimate of drug-likeness (QED) is 0.549. The summed E-state index contributed by atoms with van der Waals surface area (Å²) >= 11 is 0. The van der Waals surface area contributed by atoms with E-state index >= 15 is 0 Å². The Morgan fingerprint density at radius 1 is 1.31 bits per heavy atom. The molecule has 3 aromatic rings. The Kier molecular flexibility index (Phi) is 1.66. The van der Waals surface area contributed by atoms with Gasteiger partial charge in [-0.1, -0.05) is 0 Å². The number of fused-ring (bicyclic) bond motifs is 2. The minimum Gasteiger partial charge on any atom is -0.345 e. The van der Waals surface area contributed by atoms with Crippen molar-refractivity contribution < 1.29 is 8.76 Å². The van der Waals surface area contributed by atoms with E-state index < -0.39 is 9.80 Å². The summed E-state index contributed by atoms with van der Waals surface area (Å²) in [6.07, 6.45) is 1.58. The van der Waals surface area contributed by atoms with Crippen LogP contribution in [0.25, 0.3) is 22.1 Å². The molecule has 7 heteroatoms. The summed E-state index contributed by atoms with van der Waals surface area (Å²) in [5, 5.41) is -0.0184. The Bertz CT molecular complexity index is 736. The average molecular weight is 236 g/mol. The van der Waals surface area contributed by atoms with Crippen molar-refractivity contribution >= 4 is 37.7 Å². The summed E-state index contributed by atoms with van der Waals surface area (Å²) in [6, 6.07) is 3.53. The van der Waals surface area contributed by atoms with E-state index in [1.807, 2.05) is 0 Å². The molecule has 1 aromatic carbocycles. The smallest absolute Gasteiger partial charge is 0.214 e. The molecule has 82 valence electrons. The molecule has 2 heterocycles. The molecule has 0 radical (unpaired) electrons. The van der Waals surface area contributed by atoms with Gasteiger partial charge < -0.3 is 14.5 Å². The van der Waals surface area contributed by atoms with Gasteiger partial charge in [-0.25, -0.2) is 14.2 Å². The highest BCUT2D eigenvalue weighted by atomic mass is 32.2. The number of aromatic nitrogens is 4. The molecule has 0 spiro atoms. The summed E-state index contributed by atoms with van der Waals surface area (Å²) in [5.41, 5.74) is 2.88. The number of benzene rings is 1. The molecule has 3 N–H and O–H groups in total. The van der Waals surface area contributed by atoms with Crippen LogP contribution in [0, 0.1) is 0 Å². The zero-order valence-corrected chi connectivity index (χ0v) is 8.91. The van der Waals surface area contributed by atoms with E-state index in [-0.39, 0.29) is 5.16 Å². The molecule has 16 heavy (non-hydrogen) atoms. The highest BCUT2D eigenvalue weighted by Crippen LogP contribution is 2.19. The second-order valence-electron chi connectivity index (χ2n) is 3.47. The fourth-order valence-electron chi connectivity index (χ4n) is 1.57. The molecule has 0 saturated carbocycles. The van der Waals surface area contributed by atoms with Crippen LogP contribution in [0.3, 0.4) is 0 Å². The normalized spacial score (nSPS) is 15.6. The van der Waals surface area contributed by atoms with Gasteiger partial charge in [-0.05, 0) is 18.0 Å². The lowest BCUT2D eigenvalue weighted by molar-refractivity contribution is 0.553. The fraction of sp³-hybridized carbons (Fsp3) is 0. The van der Waals surface area contributed by atoms with Crippen molar-refractivity contribution in [2.24, 2.45) is 0 Å². The first-order valence-corrected chi connectivity index (χ1v) is 6.15. The molecule has 1 atom stereocenters. The minimum atomic E-state index is -3.30. The van der Waals surface area contributed by atoms with Crippen molar-refractivity contribution in [2.75, 3.05) is 0 Å². The van der Waals surface area contributed by atoms with Crippen LogP contribution in [0.2, 0.25) is 0 Å². The molecular weight excluding hydrogens is 228 g/mol. The molecule has 0 bridgehead atoms. The lowest BCUT2D eigenvalue weighted by Crippen LogP contribution is -1.99. The van der Waals surface area contributed by atoms with Crippen LogP contribution >= 0.6 is 0 Å². The van der Waals surface area contributed by atoms with Crippen LogP contribution in [0.5, 0.6) is 0 Å². The van der Waals surface area contributed by atoms with E-state index in [1.54, 1.807) is 18.5 Å². The molecule has 0 aliphatic heterocycles. The Morgan fingerprint density at radius 3 is 2.88 bits per heavy atom. The first-order chi connectivity index (χ1) is 7.54. The van der Waals surface area contributed by atoms with Crippen molar-refractivity contribution in [1.82, 2.24) is 19.9 Å². The number of H-pyrrole nitrogens is 2. The maximum absolute atomic E-state index is 11.3. The summed E-state index contributed by atoms with van der Waals surface area (Å²) in [4.78, 5) is 13.8. The average Bonchev–Trinajstić information content (AvgIpc) is 2.75. The van der Waals surface area contributed by atoms with Crippen molar-refractivity contribution in [1.29, 1.82) is 0 Å². The molecule has 0 aliphatic carbocycles. The lowest BCUT2D eigenvalue weighted by atomic mass is 10.3. The van der Waals surface area contributed by atoms with Gasteiger partial charge in [-0.15, -0.1) is 0 Å². The van der Waals surface area contributed by atoms with Crippen LogP contribution < -0.4 is 0 Å². The second kappa shape index (κ2) is 2.83. The third-order valence-electron chi connectivity index (χ3n) is 2.30. The SMILES string of the molecule is C=S(=O)(O)c1nc2cc3nc[nH]c3cc2[nH]1. The van der Waals surface area contributed by atoms with Gasteiger partial charge in [-0.3, -0.25) is 0 Å². The number of hydrogen-bond donors (Lipinski definition) is 3. The van der Waals surface area contributed by atoms with Gasteiger partial charge in [0.15, 0.2) is 0 Å². The van der Waals surface area contributed by atoms with Crippen molar-refractivity contribution in [3.63, 3.8) is 0 Å². The Morgan fingerprint density at radius 2 is 2.12 bits per heavy atom. The fourth-order valence-corrected chi connectivity index (χ4v) is 2.08. The Labute approximate surface area is 90.6 Å². The van der Waals surface area contributed by atoms with Crippen molar-refractivity contribution in [2.45, 2.75) is 5.16 Å². The maximum Gasteiger partial charge on any atom is 0.214 e. The van der Waals surface area contributed by atoms with Gasteiger partial charge in [0, 0.05) is 0 Å². The van der Waals surface area contributed by atoms with Gasteiger partial charge in [0.05, 0.1) is 28.4 Å². The van der Waals surface area contributed by atoms with E-state index in [0.717, 1.165) is 11.0 Å². The van der Waals surface area contributed by atoms with E-state index in [0.29, 0.717) is 11.0 Å². The molecule has 1 unspecified atom stereocenters. The number of nitrogens with one attached hydrogen (secondary N) is 2. The van der Waals surface area contributed by atoms with Crippen molar-refractivity contribution in [3.8, 4) is 0 Å². The van der Waals surface area contributed by atoms with E-state index in [1.165, 1.54) is 0 Å². The molecule has 3 rings (SSSR count). The van der Waals surface area contributed by atoms with Gasteiger partial charge in [-0.2, -0.15) is 0 Å². The molecule has 2 aromatic heterocycles. The Hall–Kier alpha value is -1.86. The topological polar surface area (TPSA) is 94.7 Å². The summed E-state index contributed by atoms with van der Waals surface area (Å²) in [6.45, 7) is 0. The van der Waals surface area contributed by atoms with Crippen LogP contribution in [0.1, 0.15) is 0 Å². The summed E-state index contributed by atoms with van der Waals surface area (Å²) in [7, 11) is -3.30. The molecule has 0 saturated heterocycles. The highest BCUT2D eigenvalue weighted by Gasteiger charge is 2.10. The maximum atomic E-state index is 11.3. The molecule has 0 aliphatic rings. The third-order valence-corrected chi connectivity index (χ3v) is 3.10. The number of rotatable bonds is 1. The summed E-state index contributed by atoms with van der Waals surface area (Å²) in [5.74, 6) is 3.16. The van der Waals surface area contributed by atoms with Crippen LogP contribution in [-0.2, 0) is 9.80 Å². The lowest BCUT2D eigenvalue weighted by Gasteiger charge is -1.92. The van der Waals surface area contributed by atoms with Gasteiger partial charge in [0.25, 0.3) is 0 Å². The third kappa shape index (κ3) is 1.29. The Balaban J connectivity index is 2.40. The van der Waals surface area contributed by atoms with Crippen LogP contribution in [0.4, 0.5) is 0 Å². The van der Waals surface area contributed by atoms with Crippen LogP contribution in [-0.4, -0.2) is 34.6 Å². The standard InChI is InChI=1S/C9H8N4O2S/c1-16(14,15)9-12-7-2-5-6(11-4-10-5)3-8(7)13-9/h2-4H,1H2,(H,10,11)(H,12,13)(H,14,15). The monoisotopic (exact) mass is 236 g/mol. The first-order valence-electron chi connectivity index (χ1n) is 4.46. The predicted octanol–water partition coefficient (Wildman–Crippen LogP) is 0.988. The summed E-state index contributed by atoms with van der Waals surface area (Å²) < 4.78 is 20.6. The number of aromatic amines is 2. The van der Waals surface area contributed by atoms with Crippen LogP contribution in [0.15, 0.2) is 23.6 Å². The highest BCUT2D eigenvalue weighted by molar-refractivity contribution is 7.94. The van der Waals surface area contributed by atoms with E-state index in [4.69, 9.17) is 0 Å². The van der Waals surface area contributed by atoms with Crippen molar-refractivity contribution in [3.05, 3.63) is 18.5 Å². The van der Waals surface area contributed by atoms with Gasteiger partial charge in [0.2, 0.25) is 5.16 Å². The van der Waals surface area contributed by atoms with E-state index in [2.05, 4.69) is 25.8 Å². The molecular formula is C9H8N4O2S. The van der Waals surface area contributed by atoms with Gasteiger partial charge in [0.1, 0.15) is 9.80 Å². The van der Waals surface area contributed by atoms with Gasteiger partial charge >= 0.3 is 0 Å². The first kappa shape index (κ1) is 9.37. The molecule has 0 amide bonds. The number of nitrogens with zero attached hydrogens (tertiary/aromatic N) is 2. The van der Waals surface area contributed by atoms with E-state index in [9.17, 15) is 8.76 Å². The number of hydrogen-bond acceptors (Lipinski definition) is 3. The molecule has 0 fully saturated rings. The zero-order valence-electron chi connectivity index (χ0n) is 8.10. The number of imidazole rings is 2. The minimum absolute atomic E-state index is 0.0184. The zero-order chi connectivity index (χ0) is 11.3. The molecule has 6 nitrogen and oxygen atoms in total.